The zero-order valence-electron chi connectivity index (χ0n) is 10.9. The van der Waals surface area contributed by atoms with Crippen molar-refractivity contribution < 1.29 is 8.42 Å². The third-order valence-corrected chi connectivity index (χ3v) is 5.49. The summed E-state index contributed by atoms with van der Waals surface area (Å²) >= 11 is 0. The van der Waals surface area contributed by atoms with Crippen LogP contribution in [0.1, 0.15) is 18.2 Å². The molecule has 7 heteroatoms. The fourth-order valence-electron chi connectivity index (χ4n) is 2.59. The molecule has 20 heavy (non-hydrogen) atoms. The quantitative estimate of drug-likeness (QED) is 0.899. The molecular formula is C13H16N4O2S. The van der Waals surface area contributed by atoms with Crippen LogP contribution in [0.3, 0.4) is 0 Å². The molecule has 2 N–H and O–H groups in total. The number of benzene rings is 1. The van der Waals surface area contributed by atoms with Crippen LogP contribution in [0.25, 0.3) is 5.69 Å². The van der Waals surface area contributed by atoms with Gasteiger partial charge in [0.05, 0.1) is 35.1 Å². The number of para-hydroxylation sites is 1. The Morgan fingerprint density at radius 2 is 2.05 bits per heavy atom. The first kappa shape index (κ1) is 13.3. The molecule has 0 bridgehead atoms. The van der Waals surface area contributed by atoms with Gasteiger partial charge in [0.2, 0.25) is 0 Å². The molecule has 0 radical (unpaired) electrons. The van der Waals surface area contributed by atoms with Gasteiger partial charge in [0.1, 0.15) is 0 Å². The van der Waals surface area contributed by atoms with Crippen molar-refractivity contribution in [2.24, 2.45) is 11.7 Å². The van der Waals surface area contributed by atoms with E-state index in [1.165, 1.54) is 0 Å². The van der Waals surface area contributed by atoms with Crippen LogP contribution in [0.5, 0.6) is 0 Å². The molecule has 2 unspecified atom stereocenters. The van der Waals surface area contributed by atoms with Crippen molar-refractivity contribution in [3.05, 3.63) is 42.2 Å². The van der Waals surface area contributed by atoms with Crippen molar-refractivity contribution in [3.8, 4) is 5.69 Å². The molecule has 0 amide bonds. The summed E-state index contributed by atoms with van der Waals surface area (Å²) in [6, 6.07) is 9.19. The molecule has 0 saturated carbocycles. The number of nitrogens with zero attached hydrogens (tertiary/aromatic N) is 3. The van der Waals surface area contributed by atoms with Gasteiger partial charge in [-0.05, 0) is 24.5 Å². The molecule has 106 valence electrons. The summed E-state index contributed by atoms with van der Waals surface area (Å²) in [5.74, 6) is 0.299. The topological polar surface area (TPSA) is 90.9 Å². The second kappa shape index (κ2) is 4.99. The molecule has 2 atom stereocenters. The molecule has 0 aliphatic carbocycles. The predicted molar refractivity (Wildman–Crippen MR) is 75.0 cm³/mol. The van der Waals surface area contributed by atoms with Gasteiger partial charge in [-0.2, -0.15) is 0 Å². The minimum Gasteiger partial charge on any atom is -0.322 e. The lowest BCUT2D eigenvalue weighted by atomic mass is 9.97. The molecule has 2 heterocycles. The van der Waals surface area contributed by atoms with E-state index in [4.69, 9.17) is 5.73 Å². The summed E-state index contributed by atoms with van der Waals surface area (Å²) in [6.45, 7) is 0. The Kier molecular flexibility index (Phi) is 3.31. The summed E-state index contributed by atoms with van der Waals surface area (Å²) in [5, 5.41) is 7.96. The van der Waals surface area contributed by atoms with E-state index >= 15 is 0 Å². The number of hydrogen-bond donors (Lipinski definition) is 1. The number of rotatable bonds is 3. The zero-order chi connectivity index (χ0) is 14.2. The normalized spacial score (nSPS) is 22.8. The van der Waals surface area contributed by atoms with E-state index in [1.807, 2.05) is 30.3 Å². The van der Waals surface area contributed by atoms with Crippen LogP contribution in [-0.4, -0.2) is 34.9 Å². The van der Waals surface area contributed by atoms with Crippen LogP contribution in [0, 0.1) is 5.92 Å². The predicted octanol–water partition coefficient (Wildman–Crippen LogP) is 0.702. The summed E-state index contributed by atoms with van der Waals surface area (Å²) < 4.78 is 24.8. The van der Waals surface area contributed by atoms with Gasteiger partial charge in [-0.1, -0.05) is 23.4 Å². The highest BCUT2D eigenvalue weighted by atomic mass is 32.2. The highest BCUT2D eigenvalue weighted by Crippen LogP contribution is 2.30. The van der Waals surface area contributed by atoms with Gasteiger partial charge in [-0.25, -0.2) is 13.1 Å². The highest BCUT2D eigenvalue weighted by Gasteiger charge is 2.34. The molecule has 6 nitrogen and oxygen atoms in total. The molecule has 1 saturated heterocycles. The van der Waals surface area contributed by atoms with Crippen LogP contribution in [-0.2, 0) is 9.84 Å². The molecule has 1 aliphatic heterocycles. The van der Waals surface area contributed by atoms with Gasteiger partial charge >= 0.3 is 0 Å². The van der Waals surface area contributed by atoms with Crippen molar-refractivity contribution in [3.63, 3.8) is 0 Å². The van der Waals surface area contributed by atoms with Gasteiger partial charge < -0.3 is 5.73 Å². The molecule has 1 fully saturated rings. The Hall–Kier alpha value is -1.73. The Bertz CT molecular complexity index is 696. The van der Waals surface area contributed by atoms with Gasteiger partial charge in [-0.3, -0.25) is 0 Å². The lowest BCUT2D eigenvalue weighted by Gasteiger charge is -2.18. The van der Waals surface area contributed by atoms with E-state index in [0.29, 0.717) is 6.42 Å². The van der Waals surface area contributed by atoms with Crippen LogP contribution < -0.4 is 5.73 Å². The number of sulfone groups is 1. The van der Waals surface area contributed by atoms with Crippen molar-refractivity contribution >= 4 is 9.84 Å². The maximum atomic E-state index is 11.6. The van der Waals surface area contributed by atoms with Gasteiger partial charge in [0, 0.05) is 0 Å². The van der Waals surface area contributed by atoms with E-state index < -0.39 is 9.84 Å². The summed E-state index contributed by atoms with van der Waals surface area (Å²) in [6.07, 6.45) is 2.21. The first-order valence-corrected chi connectivity index (χ1v) is 8.31. The molecule has 1 aromatic heterocycles. The van der Waals surface area contributed by atoms with E-state index in [1.54, 1.807) is 10.9 Å². The minimum atomic E-state index is -2.94. The second-order valence-corrected chi connectivity index (χ2v) is 7.32. The molecule has 1 aromatic carbocycles. The Morgan fingerprint density at radius 1 is 1.30 bits per heavy atom. The number of aromatic nitrogens is 3. The lowest BCUT2D eigenvalue weighted by Crippen LogP contribution is -2.25. The summed E-state index contributed by atoms with van der Waals surface area (Å²) in [7, 11) is -2.94. The average molecular weight is 292 g/mol. The standard InChI is InChI=1S/C13H16N4O2S/c14-13(10-6-7-20(18,19)9-10)12-8-15-16-17(12)11-4-2-1-3-5-11/h1-5,8,10,13H,6-7,9,14H2. The SMILES string of the molecule is NC(c1cnnn1-c1ccccc1)C1CCS(=O)(=O)C1. The summed E-state index contributed by atoms with van der Waals surface area (Å²) in [4.78, 5) is 0. The highest BCUT2D eigenvalue weighted by molar-refractivity contribution is 7.91. The third-order valence-electron chi connectivity index (χ3n) is 3.69. The molecule has 3 rings (SSSR count). The molecule has 1 aliphatic rings. The fourth-order valence-corrected chi connectivity index (χ4v) is 4.44. The van der Waals surface area contributed by atoms with E-state index in [9.17, 15) is 8.42 Å². The third kappa shape index (κ3) is 2.46. The molecular weight excluding hydrogens is 276 g/mol. The number of hydrogen-bond acceptors (Lipinski definition) is 5. The smallest absolute Gasteiger partial charge is 0.150 e. The maximum Gasteiger partial charge on any atom is 0.150 e. The van der Waals surface area contributed by atoms with Crippen molar-refractivity contribution in [2.45, 2.75) is 12.5 Å². The monoisotopic (exact) mass is 292 g/mol. The zero-order valence-corrected chi connectivity index (χ0v) is 11.7. The molecule has 2 aromatic rings. The first-order valence-electron chi connectivity index (χ1n) is 6.49. The van der Waals surface area contributed by atoms with Crippen LogP contribution >= 0.6 is 0 Å². The van der Waals surface area contributed by atoms with Crippen LogP contribution in [0.4, 0.5) is 0 Å². The maximum absolute atomic E-state index is 11.6. The Labute approximate surface area is 117 Å². The van der Waals surface area contributed by atoms with Crippen LogP contribution in [0.2, 0.25) is 0 Å². The second-order valence-electron chi connectivity index (χ2n) is 5.10. The Balaban J connectivity index is 1.90. The van der Waals surface area contributed by atoms with Gasteiger partial charge in [-0.15, -0.1) is 5.10 Å². The van der Waals surface area contributed by atoms with Gasteiger partial charge in [0.25, 0.3) is 0 Å². The number of nitrogens with two attached hydrogens (primary N) is 1. The molecule has 0 spiro atoms. The van der Waals surface area contributed by atoms with Crippen molar-refractivity contribution in [1.29, 1.82) is 0 Å². The Morgan fingerprint density at radius 3 is 2.70 bits per heavy atom. The summed E-state index contributed by atoms with van der Waals surface area (Å²) in [5.41, 5.74) is 7.86. The minimum absolute atomic E-state index is 0.0686. The van der Waals surface area contributed by atoms with E-state index in [0.717, 1.165) is 11.4 Å². The van der Waals surface area contributed by atoms with Gasteiger partial charge in [0.15, 0.2) is 9.84 Å². The average Bonchev–Trinajstić information content (AvgIpc) is 3.05. The van der Waals surface area contributed by atoms with E-state index in [-0.39, 0.29) is 23.5 Å². The van der Waals surface area contributed by atoms with Crippen molar-refractivity contribution in [2.75, 3.05) is 11.5 Å². The van der Waals surface area contributed by atoms with Crippen molar-refractivity contribution in [1.82, 2.24) is 15.0 Å². The van der Waals surface area contributed by atoms with E-state index in [2.05, 4.69) is 10.3 Å². The lowest BCUT2D eigenvalue weighted by molar-refractivity contribution is 0.461. The first-order chi connectivity index (χ1) is 9.57. The fraction of sp³-hybridized carbons (Fsp3) is 0.385. The largest absolute Gasteiger partial charge is 0.322 e. The van der Waals surface area contributed by atoms with Crippen LogP contribution in [0.15, 0.2) is 36.5 Å².